The fourth-order valence-corrected chi connectivity index (χ4v) is 1.72. The van der Waals surface area contributed by atoms with Gasteiger partial charge in [0.25, 0.3) is 5.95 Å². The summed E-state index contributed by atoms with van der Waals surface area (Å²) in [5.41, 5.74) is 8.00. The third kappa shape index (κ3) is 2.06. The van der Waals surface area contributed by atoms with Crippen molar-refractivity contribution in [3.8, 4) is 5.95 Å². The molecular weight excluding hydrogens is 252 g/mol. The van der Waals surface area contributed by atoms with Gasteiger partial charge in [-0.3, -0.25) is 5.41 Å². The van der Waals surface area contributed by atoms with Gasteiger partial charge in [0.1, 0.15) is 11.5 Å². The van der Waals surface area contributed by atoms with Crippen molar-refractivity contribution in [2.45, 2.75) is 20.8 Å². The standard InChI is InChI=1S/C11H13ClN6/c1-5-4-8(10(13)14)16-11(15-5)18-7(3)9(12)6(2)17-18/h4H,1-3H3,(H3,13,14). The zero-order valence-electron chi connectivity index (χ0n) is 10.3. The molecule has 0 aromatic carbocycles. The molecule has 0 saturated carbocycles. The molecule has 2 aromatic heterocycles. The van der Waals surface area contributed by atoms with Crippen LogP contribution in [0.3, 0.4) is 0 Å². The predicted octanol–water partition coefficient (Wildman–Crippen LogP) is 1.53. The van der Waals surface area contributed by atoms with E-state index in [9.17, 15) is 0 Å². The van der Waals surface area contributed by atoms with Crippen molar-refractivity contribution >= 4 is 17.4 Å². The minimum absolute atomic E-state index is 0.102. The molecule has 0 spiro atoms. The normalized spacial score (nSPS) is 10.7. The van der Waals surface area contributed by atoms with Crippen LogP contribution >= 0.6 is 11.6 Å². The van der Waals surface area contributed by atoms with Crippen molar-refractivity contribution in [1.82, 2.24) is 19.7 Å². The molecule has 2 aromatic rings. The number of halogens is 1. The topological polar surface area (TPSA) is 93.5 Å². The van der Waals surface area contributed by atoms with Crippen molar-refractivity contribution in [1.29, 1.82) is 5.41 Å². The van der Waals surface area contributed by atoms with Gasteiger partial charge in [-0.05, 0) is 26.8 Å². The fraction of sp³-hybridized carbons (Fsp3) is 0.273. The van der Waals surface area contributed by atoms with Crippen LogP contribution in [0.1, 0.15) is 22.8 Å². The van der Waals surface area contributed by atoms with Crippen molar-refractivity contribution in [3.63, 3.8) is 0 Å². The Hall–Kier alpha value is -1.95. The monoisotopic (exact) mass is 264 g/mol. The summed E-state index contributed by atoms with van der Waals surface area (Å²) >= 11 is 6.08. The van der Waals surface area contributed by atoms with Crippen LogP contribution in [0.4, 0.5) is 0 Å². The van der Waals surface area contributed by atoms with Gasteiger partial charge >= 0.3 is 0 Å². The summed E-state index contributed by atoms with van der Waals surface area (Å²) < 4.78 is 1.55. The van der Waals surface area contributed by atoms with E-state index < -0.39 is 0 Å². The first-order chi connectivity index (χ1) is 8.40. The maximum atomic E-state index is 7.42. The van der Waals surface area contributed by atoms with Gasteiger partial charge in [-0.1, -0.05) is 11.6 Å². The van der Waals surface area contributed by atoms with Gasteiger partial charge in [-0.2, -0.15) is 5.10 Å². The zero-order chi connectivity index (χ0) is 13.4. The molecule has 0 aliphatic carbocycles. The molecule has 94 valence electrons. The molecule has 0 amide bonds. The van der Waals surface area contributed by atoms with Crippen LogP contribution in [-0.2, 0) is 0 Å². The lowest BCUT2D eigenvalue weighted by atomic mass is 10.3. The smallest absolute Gasteiger partial charge is 0.251 e. The predicted molar refractivity (Wildman–Crippen MR) is 69.4 cm³/mol. The molecule has 2 heterocycles. The minimum atomic E-state index is -0.102. The molecule has 0 bridgehead atoms. The molecule has 6 nitrogen and oxygen atoms in total. The average molecular weight is 265 g/mol. The number of aromatic nitrogens is 4. The Bertz CT molecular complexity index is 631. The summed E-state index contributed by atoms with van der Waals surface area (Å²) in [5.74, 6) is 0.266. The van der Waals surface area contributed by atoms with Crippen LogP contribution < -0.4 is 5.73 Å². The summed E-state index contributed by atoms with van der Waals surface area (Å²) in [6.07, 6.45) is 0. The van der Waals surface area contributed by atoms with Gasteiger partial charge in [0.2, 0.25) is 0 Å². The first-order valence-electron chi connectivity index (χ1n) is 5.32. The highest BCUT2D eigenvalue weighted by Crippen LogP contribution is 2.21. The number of hydrogen-bond donors (Lipinski definition) is 2. The van der Waals surface area contributed by atoms with Gasteiger partial charge in [0.15, 0.2) is 0 Å². The molecule has 7 heteroatoms. The number of hydrogen-bond acceptors (Lipinski definition) is 4. The molecule has 0 aliphatic heterocycles. The Morgan fingerprint density at radius 3 is 2.50 bits per heavy atom. The number of amidine groups is 1. The van der Waals surface area contributed by atoms with Crippen LogP contribution in [-0.4, -0.2) is 25.6 Å². The quantitative estimate of drug-likeness (QED) is 0.635. The third-order valence-corrected chi connectivity index (χ3v) is 3.06. The van der Waals surface area contributed by atoms with E-state index in [0.29, 0.717) is 28.1 Å². The number of nitrogen functional groups attached to an aromatic ring is 1. The number of nitrogens with two attached hydrogens (primary N) is 1. The number of rotatable bonds is 2. The lowest BCUT2D eigenvalue weighted by Crippen LogP contribution is -2.16. The second-order valence-corrected chi connectivity index (χ2v) is 4.38. The molecule has 0 atom stereocenters. The van der Waals surface area contributed by atoms with Crippen LogP contribution in [0.25, 0.3) is 5.95 Å². The van der Waals surface area contributed by atoms with Gasteiger partial charge < -0.3 is 5.73 Å². The van der Waals surface area contributed by atoms with Crippen LogP contribution in [0.15, 0.2) is 6.07 Å². The van der Waals surface area contributed by atoms with Gasteiger partial charge in [-0.25, -0.2) is 14.6 Å². The largest absolute Gasteiger partial charge is 0.382 e. The highest BCUT2D eigenvalue weighted by Gasteiger charge is 2.14. The maximum Gasteiger partial charge on any atom is 0.251 e. The van der Waals surface area contributed by atoms with E-state index in [2.05, 4.69) is 15.1 Å². The first-order valence-corrected chi connectivity index (χ1v) is 5.70. The van der Waals surface area contributed by atoms with Crippen LogP contribution in [0.5, 0.6) is 0 Å². The Morgan fingerprint density at radius 2 is 2.00 bits per heavy atom. The summed E-state index contributed by atoms with van der Waals surface area (Å²) in [5, 5.41) is 12.3. The lowest BCUT2D eigenvalue weighted by Gasteiger charge is -2.06. The van der Waals surface area contributed by atoms with Gasteiger partial charge in [-0.15, -0.1) is 0 Å². The average Bonchev–Trinajstić information content (AvgIpc) is 2.56. The lowest BCUT2D eigenvalue weighted by molar-refractivity contribution is 0.766. The SMILES string of the molecule is Cc1cc(C(=N)N)nc(-n2nc(C)c(Cl)c2C)n1. The second-order valence-electron chi connectivity index (χ2n) is 4.00. The number of nitrogens with one attached hydrogen (secondary N) is 1. The van der Waals surface area contributed by atoms with E-state index in [1.54, 1.807) is 10.7 Å². The summed E-state index contributed by atoms with van der Waals surface area (Å²) in [6, 6.07) is 1.65. The first kappa shape index (κ1) is 12.5. The molecule has 18 heavy (non-hydrogen) atoms. The van der Waals surface area contributed by atoms with Gasteiger partial charge in [0, 0.05) is 5.69 Å². The van der Waals surface area contributed by atoms with E-state index in [0.717, 1.165) is 5.69 Å². The molecule has 0 aliphatic rings. The Labute approximate surface area is 109 Å². The molecular formula is C11H13ClN6. The summed E-state index contributed by atoms with van der Waals surface area (Å²) in [6.45, 7) is 5.46. The molecule has 0 saturated heterocycles. The zero-order valence-corrected chi connectivity index (χ0v) is 11.1. The van der Waals surface area contributed by atoms with E-state index in [-0.39, 0.29) is 5.84 Å². The molecule has 2 rings (SSSR count). The van der Waals surface area contributed by atoms with E-state index in [1.807, 2.05) is 20.8 Å². The number of aryl methyl sites for hydroxylation is 2. The van der Waals surface area contributed by atoms with Crippen molar-refractivity contribution < 1.29 is 0 Å². The minimum Gasteiger partial charge on any atom is -0.382 e. The highest BCUT2D eigenvalue weighted by molar-refractivity contribution is 6.31. The van der Waals surface area contributed by atoms with Crippen LogP contribution in [0, 0.1) is 26.2 Å². The summed E-state index contributed by atoms with van der Waals surface area (Å²) in [7, 11) is 0. The van der Waals surface area contributed by atoms with Crippen molar-refractivity contribution in [2.75, 3.05) is 0 Å². The molecule has 0 fully saturated rings. The van der Waals surface area contributed by atoms with Crippen molar-refractivity contribution in [2.24, 2.45) is 5.73 Å². The second kappa shape index (κ2) is 4.38. The van der Waals surface area contributed by atoms with E-state index >= 15 is 0 Å². The van der Waals surface area contributed by atoms with Crippen molar-refractivity contribution in [3.05, 3.63) is 33.9 Å². The Balaban J connectivity index is 2.63. The highest BCUT2D eigenvalue weighted by atomic mass is 35.5. The Morgan fingerprint density at radius 1 is 1.33 bits per heavy atom. The fourth-order valence-electron chi connectivity index (χ4n) is 1.60. The molecule has 0 radical (unpaired) electrons. The molecule has 0 unspecified atom stereocenters. The third-order valence-electron chi connectivity index (χ3n) is 2.51. The number of nitrogens with zero attached hydrogens (tertiary/aromatic N) is 4. The molecule has 3 N–H and O–H groups in total. The Kier molecular flexibility index (Phi) is 3.04. The van der Waals surface area contributed by atoms with Crippen LogP contribution in [0.2, 0.25) is 5.02 Å². The van der Waals surface area contributed by atoms with E-state index in [1.165, 1.54) is 0 Å². The summed E-state index contributed by atoms with van der Waals surface area (Å²) in [4.78, 5) is 8.48. The van der Waals surface area contributed by atoms with Gasteiger partial charge in [0.05, 0.1) is 16.4 Å². The maximum absolute atomic E-state index is 7.42. The van der Waals surface area contributed by atoms with E-state index in [4.69, 9.17) is 22.7 Å².